The highest BCUT2D eigenvalue weighted by Gasteiger charge is 2.30. The fourth-order valence-corrected chi connectivity index (χ4v) is 3.31. The zero-order chi connectivity index (χ0) is 17.6. The van der Waals surface area contributed by atoms with Crippen LogP contribution in [0.1, 0.15) is 36.2 Å². The van der Waals surface area contributed by atoms with Crippen molar-refractivity contribution in [2.24, 2.45) is 0 Å². The maximum Gasteiger partial charge on any atom is 0.223 e. The Labute approximate surface area is 148 Å². The standard InChI is InChI=1S/C20H24FN3O/c1-15-5-4-7-17(23-15)14-24-18(9-10-20(24)25)11-12-22-13-16-6-2-3-8-19(16)21/h2-8,18,22H,9-14H2,1H3. The normalized spacial score (nSPS) is 17.3. The van der Waals surface area contributed by atoms with Crippen LogP contribution in [0.5, 0.6) is 0 Å². The topological polar surface area (TPSA) is 45.2 Å². The Balaban J connectivity index is 1.51. The van der Waals surface area contributed by atoms with Crippen LogP contribution >= 0.6 is 0 Å². The molecule has 1 saturated heterocycles. The van der Waals surface area contributed by atoms with Crippen molar-refractivity contribution in [3.05, 3.63) is 65.2 Å². The lowest BCUT2D eigenvalue weighted by Gasteiger charge is -2.25. The van der Waals surface area contributed by atoms with Crippen LogP contribution in [0.15, 0.2) is 42.5 Å². The van der Waals surface area contributed by atoms with Gasteiger partial charge in [-0.2, -0.15) is 0 Å². The molecule has 2 aromatic rings. The molecule has 0 saturated carbocycles. The number of aryl methyl sites for hydroxylation is 1. The second-order valence-corrected chi connectivity index (χ2v) is 6.54. The van der Waals surface area contributed by atoms with E-state index in [1.54, 1.807) is 12.1 Å². The maximum atomic E-state index is 13.6. The Morgan fingerprint density at radius 3 is 2.88 bits per heavy atom. The van der Waals surface area contributed by atoms with Gasteiger partial charge in [0.05, 0.1) is 12.2 Å². The number of benzene rings is 1. The molecule has 132 valence electrons. The number of carbonyl (C=O) groups excluding carboxylic acids is 1. The largest absolute Gasteiger partial charge is 0.334 e. The lowest BCUT2D eigenvalue weighted by atomic mass is 10.1. The fourth-order valence-electron chi connectivity index (χ4n) is 3.31. The van der Waals surface area contributed by atoms with Crippen molar-refractivity contribution in [2.45, 2.75) is 45.3 Å². The number of amides is 1. The van der Waals surface area contributed by atoms with Gasteiger partial charge in [0.25, 0.3) is 0 Å². The lowest BCUT2D eigenvalue weighted by Crippen LogP contribution is -2.35. The summed E-state index contributed by atoms with van der Waals surface area (Å²) < 4.78 is 13.6. The van der Waals surface area contributed by atoms with Gasteiger partial charge in [-0.25, -0.2) is 4.39 Å². The average Bonchev–Trinajstić information content (AvgIpc) is 2.93. The average molecular weight is 341 g/mol. The molecule has 1 aromatic heterocycles. The maximum absolute atomic E-state index is 13.6. The molecule has 1 amide bonds. The van der Waals surface area contributed by atoms with Gasteiger partial charge in [-0.15, -0.1) is 0 Å². The van der Waals surface area contributed by atoms with Gasteiger partial charge in [-0.1, -0.05) is 24.3 Å². The third-order valence-corrected chi connectivity index (χ3v) is 4.66. The minimum Gasteiger partial charge on any atom is -0.334 e. The third kappa shape index (κ3) is 4.63. The zero-order valence-electron chi connectivity index (χ0n) is 14.5. The minimum atomic E-state index is -0.182. The van der Waals surface area contributed by atoms with Crippen molar-refractivity contribution in [1.29, 1.82) is 0 Å². The van der Waals surface area contributed by atoms with Crippen LogP contribution in [0, 0.1) is 12.7 Å². The van der Waals surface area contributed by atoms with Crippen molar-refractivity contribution in [2.75, 3.05) is 6.54 Å². The molecule has 1 aliphatic heterocycles. The molecule has 3 rings (SSSR count). The van der Waals surface area contributed by atoms with Crippen molar-refractivity contribution >= 4 is 5.91 Å². The molecule has 5 heteroatoms. The third-order valence-electron chi connectivity index (χ3n) is 4.66. The molecule has 0 aliphatic carbocycles. The van der Waals surface area contributed by atoms with Crippen molar-refractivity contribution in [3.8, 4) is 0 Å². The molecule has 25 heavy (non-hydrogen) atoms. The summed E-state index contributed by atoms with van der Waals surface area (Å²) in [6, 6.07) is 12.9. The SMILES string of the molecule is Cc1cccc(CN2C(=O)CCC2CCNCc2ccccc2F)n1. The van der Waals surface area contributed by atoms with Gasteiger partial charge in [-0.3, -0.25) is 9.78 Å². The van der Waals surface area contributed by atoms with E-state index in [1.165, 1.54) is 6.07 Å². The molecular formula is C20H24FN3O. The first kappa shape index (κ1) is 17.5. The predicted octanol–water partition coefficient (Wildman–Crippen LogP) is 3.20. The molecule has 1 fully saturated rings. The van der Waals surface area contributed by atoms with E-state index >= 15 is 0 Å². The van der Waals surface area contributed by atoms with Crippen LogP contribution in [-0.2, 0) is 17.9 Å². The van der Waals surface area contributed by atoms with Crippen LogP contribution in [0.4, 0.5) is 4.39 Å². The molecule has 0 spiro atoms. The predicted molar refractivity (Wildman–Crippen MR) is 95.3 cm³/mol. The first-order chi connectivity index (χ1) is 12.1. The Morgan fingerprint density at radius 1 is 1.24 bits per heavy atom. The monoisotopic (exact) mass is 341 g/mol. The number of hydrogen-bond acceptors (Lipinski definition) is 3. The lowest BCUT2D eigenvalue weighted by molar-refractivity contribution is -0.129. The molecule has 1 atom stereocenters. The molecule has 2 heterocycles. The van der Waals surface area contributed by atoms with E-state index < -0.39 is 0 Å². The summed E-state index contributed by atoms with van der Waals surface area (Å²) in [4.78, 5) is 18.6. The quantitative estimate of drug-likeness (QED) is 0.787. The van der Waals surface area contributed by atoms with E-state index in [-0.39, 0.29) is 17.8 Å². The summed E-state index contributed by atoms with van der Waals surface area (Å²) >= 11 is 0. The van der Waals surface area contributed by atoms with Crippen molar-refractivity contribution in [3.63, 3.8) is 0 Å². The molecule has 0 bridgehead atoms. The van der Waals surface area contributed by atoms with Crippen molar-refractivity contribution in [1.82, 2.24) is 15.2 Å². The summed E-state index contributed by atoms with van der Waals surface area (Å²) in [7, 11) is 0. The van der Waals surface area contributed by atoms with E-state index in [1.807, 2.05) is 36.1 Å². The highest BCUT2D eigenvalue weighted by atomic mass is 19.1. The molecular weight excluding hydrogens is 317 g/mol. The number of nitrogens with zero attached hydrogens (tertiary/aromatic N) is 2. The number of hydrogen-bond donors (Lipinski definition) is 1. The minimum absolute atomic E-state index is 0.182. The van der Waals surface area contributed by atoms with E-state index in [0.29, 0.717) is 25.1 Å². The molecule has 0 radical (unpaired) electrons. The number of halogens is 1. The van der Waals surface area contributed by atoms with Crippen LogP contribution in [0.3, 0.4) is 0 Å². The Morgan fingerprint density at radius 2 is 2.08 bits per heavy atom. The first-order valence-electron chi connectivity index (χ1n) is 8.79. The highest BCUT2D eigenvalue weighted by molar-refractivity contribution is 5.78. The smallest absolute Gasteiger partial charge is 0.223 e. The second-order valence-electron chi connectivity index (χ2n) is 6.54. The number of aromatic nitrogens is 1. The van der Waals surface area contributed by atoms with Crippen LogP contribution < -0.4 is 5.32 Å². The van der Waals surface area contributed by atoms with Crippen LogP contribution in [0.2, 0.25) is 0 Å². The van der Waals surface area contributed by atoms with E-state index in [9.17, 15) is 9.18 Å². The van der Waals surface area contributed by atoms with E-state index in [4.69, 9.17) is 0 Å². The Kier molecular flexibility index (Phi) is 5.76. The van der Waals surface area contributed by atoms with Gasteiger partial charge in [0.1, 0.15) is 5.82 Å². The fraction of sp³-hybridized carbons (Fsp3) is 0.400. The van der Waals surface area contributed by atoms with Gasteiger partial charge in [-0.05, 0) is 44.5 Å². The number of rotatable bonds is 7. The summed E-state index contributed by atoms with van der Waals surface area (Å²) in [6.07, 6.45) is 2.35. The zero-order valence-corrected chi connectivity index (χ0v) is 14.5. The van der Waals surface area contributed by atoms with Gasteiger partial charge in [0.15, 0.2) is 0 Å². The van der Waals surface area contributed by atoms with E-state index in [2.05, 4.69) is 10.3 Å². The van der Waals surface area contributed by atoms with Crippen molar-refractivity contribution < 1.29 is 9.18 Å². The summed E-state index contributed by atoms with van der Waals surface area (Å²) in [5, 5.41) is 3.28. The van der Waals surface area contributed by atoms with Gasteiger partial charge >= 0.3 is 0 Å². The summed E-state index contributed by atoms with van der Waals surface area (Å²) in [6.45, 7) is 3.79. The van der Waals surface area contributed by atoms with E-state index in [0.717, 1.165) is 30.8 Å². The number of carbonyl (C=O) groups is 1. The first-order valence-corrected chi connectivity index (χ1v) is 8.79. The van der Waals surface area contributed by atoms with Gasteiger partial charge in [0, 0.05) is 30.3 Å². The second kappa shape index (κ2) is 8.21. The number of likely N-dealkylation sites (tertiary alicyclic amines) is 1. The summed E-state index contributed by atoms with van der Waals surface area (Å²) in [5.41, 5.74) is 2.57. The van der Waals surface area contributed by atoms with Gasteiger partial charge < -0.3 is 10.2 Å². The number of nitrogens with one attached hydrogen (secondary N) is 1. The molecule has 1 aliphatic rings. The van der Waals surface area contributed by atoms with Crippen LogP contribution in [-0.4, -0.2) is 28.4 Å². The molecule has 4 nitrogen and oxygen atoms in total. The molecule has 1 aromatic carbocycles. The Bertz CT molecular complexity index is 734. The van der Waals surface area contributed by atoms with Crippen LogP contribution in [0.25, 0.3) is 0 Å². The highest BCUT2D eigenvalue weighted by Crippen LogP contribution is 2.23. The summed E-state index contributed by atoms with van der Waals surface area (Å²) in [5.74, 6) is 0.0144. The Hall–Kier alpha value is -2.27. The molecule has 1 N–H and O–H groups in total. The van der Waals surface area contributed by atoms with Gasteiger partial charge in [0.2, 0.25) is 5.91 Å². The number of pyridine rings is 1. The molecule has 1 unspecified atom stereocenters.